The first-order chi connectivity index (χ1) is 8.20. The molecule has 0 saturated heterocycles. The van der Waals surface area contributed by atoms with E-state index in [1.165, 1.54) is 25.7 Å². The van der Waals surface area contributed by atoms with Crippen molar-refractivity contribution in [1.82, 2.24) is 0 Å². The highest BCUT2D eigenvalue weighted by Gasteiger charge is 2.10. The molecule has 17 heavy (non-hydrogen) atoms. The summed E-state index contributed by atoms with van der Waals surface area (Å²) in [5.41, 5.74) is 7.85. The minimum absolute atomic E-state index is 0.653. The van der Waals surface area contributed by atoms with Crippen molar-refractivity contribution in [2.24, 2.45) is 0 Å². The summed E-state index contributed by atoms with van der Waals surface area (Å²) < 4.78 is 0. The number of rotatable bonds is 7. The van der Waals surface area contributed by atoms with Gasteiger partial charge in [0.1, 0.15) is 0 Å². The van der Waals surface area contributed by atoms with Crippen molar-refractivity contribution in [3.63, 3.8) is 0 Å². The van der Waals surface area contributed by atoms with Gasteiger partial charge < -0.3 is 10.6 Å². The van der Waals surface area contributed by atoms with E-state index in [0.29, 0.717) is 10.7 Å². The number of nitrogens with zero attached hydrogens (tertiary/aromatic N) is 1. The number of nitrogens with two attached hydrogens (primary N) is 1. The van der Waals surface area contributed by atoms with Crippen LogP contribution in [0.3, 0.4) is 0 Å². The standard InChI is InChI=1S/C14H23ClN2/c1-3-5-10-17(11-6-4-2)13-9-7-8-12(15)14(13)16/h7-9H,3-6,10-11,16H2,1-2H3. The van der Waals surface area contributed by atoms with Gasteiger partial charge in [-0.05, 0) is 25.0 Å². The van der Waals surface area contributed by atoms with Crippen LogP contribution in [0, 0.1) is 0 Å². The number of halogens is 1. The zero-order valence-corrected chi connectivity index (χ0v) is 11.6. The van der Waals surface area contributed by atoms with E-state index in [4.69, 9.17) is 17.3 Å². The fourth-order valence-corrected chi connectivity index (χ4v) is 2.02. The molecular formula is C14H23ClN2. The molecule has 0 spiro atoms. The van der Waals surface area contributed by atoms with Crippen LogP contribution < -0.4 is 10.6 Å². The predicted octanol–water partition coefficient (Wildman–Crippen LogP) is 4.33. The van der Waals surface area contributed by atoms with E-state index in [0.717, 1.165) is 18.8 Å². The van der Waals surface area contributed by atoms with Crippen molar-refractivity contribution in [2.45, 2.75) is 39.5 Å². The fraction of sp³-hybridized carbons (Fsp3) is 0.571. The van der Waals surface area contributed by atoms with Crippen LogP contribution in [-0.2, 0) is 0 Å². The number of hydrogen-bond donors (Lipinski definition) is 1. The van der Waals surface area contributed by atoms with E-state index in [2.05, 4.69) is 24.8 Å². The van der Waals surface area contributed by atoms with Crippen LogP contribution in [0.4, 0.5) is 11.4 Å². The van der Waals surface area contributed by atoms with Gasteiger partial charge in [-0.2, -0.15) is 0 Å². The third kappa shape index (κ3) is 4.12. The van der Waals surface area contributed by atoms with Crippen molar-refractivity contribution in [2.75, 3.05) is 23.7 Å². The third-order valence-electron chi connectivity index (χ3n) is 2.93. The summed E-state index contributed by atoms with van der Waals surface area (Å²) in [5, 5.41) is 0.653. The average Bonchev–Trinajstić information content (AvgIpc) is 2.34. The molecule has 3 heteroatoms. The van der Waals surface area contributed by atoms with Gasteiger partial charge in [-0.3, -0.25) is 0 Å². The summed E-state index contributed by atoms with van der Waals surface area (Å²) in [4.78, 5) is 2.36. The van der Waals surface area contributed by atoms with Crippen molar-refractivity contribution >= 4 is 23.0 Å². The molecule has 1 rings (SSSR count). The van der Waals surface area contributed by atoms with Gasteiger partial charge in [0, 0.05) is 13.1 Å². The van der Waals surface area contributed by atoms with Gasteiger partial charge in [0.2, 0.25) is 0 Å². The maximum Gasteiger partial charge on any atom is 0.0741 e. The highest BCUT2D eigenvalue weighted by atomic mass is 35.5. The van der Waals surface area contributed by atoms with Crippen LogP contribution >= 0.6 is 11.6 Å². The Bertz CT molecular complexity index is 331. The number of para-hydroxylation sites is 1. The van der Waals surface area contributed by atoms with E-state index in [1.54, 1.807) is 0 Å². The van der Waals surface area contributed by atoms with Crippen LogP contribution in [0.25, 0.3) is 0 Å². The molecule has 1 aromatic carbocycles. The molecule has 0 aromatic heterocycles. The topological polar surface area (TPSA) is 29.3 Å². The van der Waals surface area contributed by atoms with Gasteiger partial charge in [-0.15, -0.1) is 0 Å². The van der Waals surface area contributed by atoms with Crippen LogP contribution in [0.15, 0.2) is 18.2 Å². The monoisotopic (exact) mass is 254 g/mol. The highest BCUT2D eigenvalue weighted by molar-refractivity contribution is 6.33. The molecule has 0 unspecified atom stereocenters. The SMILES string of the molecule is CCCCN(CCCC)c1cccc(Cl)c1N. The Hall–Kier alpha value is -0.890. The lowest BCUT2D eigenvalue weighted by Crippen LogP contribution is -2.26. The van der Waals surface area contributed by atoms with Crippen LogP contribution in [0.1, 0.15) is 39.5 Å². The van der Waals surface area contributed by atoms with Crippen LogP contribution in [-0.4, -0.2) is 13.1 Å². The summed E-state index contributed by atoms with van der Waals surface area (Å²) in [7, 11) is 0. The van der Waals surface area contributed by atoms with Gasteiger partial charge in [0.25, 0.3) is 0 Å². The maximum atomic E-state index is 6.07. The Kier molecular flexibility index (Phi) is 6.20. The van der Waals surface area contributed by atoms with Crippen molar-refractivity contribution in [3.8, 4) is 0 Å². The first kappa shape index (κ1) is 14.2. The maximum absolute atomic E-state index is 6.07. The second kappa shape index (κ2) is 7.44. The Morgan fingerprint density at radius 3 is 2.24 bits per heavy atom. The summed E-state index contributed by atoms with van der Waals surface area (Å²) in [5.74, 6) is 0. The van der Waals surface area contributed by atoms with E-state index in [1.807, 2.05) is 12.1 Å². The number of unbranched alkanes of at least 4 members (excludes halogenated alkanes) is 2. The summed E-state index contributed by atoms with van der Waals surface area (Å²) in [6.07, 6.45) is 4.78. The van der Waals surface area contributed by atoms with Gasteiger partial charge in [0.05, 0.1) is 16.4 Å². The zero-order valence-electron chi connectivity index (χ0n) is 10.9. The summed E-state index contributed by atoms with van der Waals surface area (Å²) in [6.45, 7) is 6.53. The van der Waals surface area contributed by atoms with Crippen molar-refractivity contribution < 1.29 is 0 Å². The Morgan fingerprint density at radius 2 is 1.71 bits per heavy atom. The molecule has 0 aliphatic heterocycles. The lowest BCUT2D eigenvalue weighted by Gasteiger charge is -2.26. The minimum Gasteiger partial charge on any atom is -0.396 e. The number of anilines is 2. The smallest absolute Gasteiger partial charge is 0.0741 e. The Labute approximate surface area is 110 Å². The number of nitrogen functional groups attached to an aromatic ring is 1. The Balaban J connectivity index is 2.83. The van der Waals surface area contributed by atoms with E-state index >= 15 is 0 Å². The normalized spacial score (nSPS) is 10.5. The van der Waals surface area contributed by atoms with E-state index < -0.39 is 0 Å². The fourth-order valence-electron chi connectivity index (χ4n) is 1.85. The molecule has 0 amide bonds. The van der Waals surface area contributed by atoms with Crippen LogP contribution in [0.5, 0.6) is 0 Å². The van der Waals surface area contributed by atoms with Crippen molar-refractivity contribution in [3.05, 3.63) is 23.2 Å². The number of benzene rings is 1. The lowest BCUT2D eigenvalue weighted by atomic mass is 10.2. The molecule has 0 heterocycles. The quantitative estimate of drug-likeness (QED) is 0.734. The van der Waals surface area contributed by atoms with Gasteiger partial charge in [-0.25, -0.2) is 0 Å². The zero-order chi connectivity index (χ0) is 12.7. The van der Waals surface area contributed by atoms with Gasteiger partial charge in [-0.1, -0.05) is 44.4 Å². The number of hydrogen-bond acceptors (Lipinski definition) is 2. The molecule has 0 bridgehead atoms. The lowest BCUT2D eigenvalue weighted by molar-refractivity contribution is 0.678. The minimum atomic E-state index is 0.653. The second-order valence-electron chi connectivity index (χ2n) is 4.37. The first-order valence-electron chi connectivity index (χ1n) is 6.49. The second-order valence-corrected chi connectivity index (χ2v) is 4.77. The molecule has 0 saturated carbocycles. The van der Waals surface area contributed by atoms with Crippen LogP contribution in [0.2, 0.25) is 5.02 Å². The summed E-state index contributed by atoms with van der Waals surface area (Å²) >= 11 is 6.07. The molecule has 2 N–H and O–H groups in total. The molecule has 0 aliphatic rings. The third-order valence-corrected chi connectivity index (χ3v) is 3.26. The Morgan fingerprint density at radius 1 is 1.12 bits per heavy atom. The van der Waals surface area contributed by atoms with Gasteiger partial charge >= 0.3 is 0 Å². The van der Waals surface area contributed by atoms with Crippen molar-refractivity contribution in [1.29, 1.82) is 0 Å². The van der Waals surface area contributed by atoms with Gasteiger partial charge in [0.15, 0.2) is 0 Å². The van der Waals surface area contributed by atoms with E-state index in [-0.39, 0.29) is 0 Å². The van der Waals surface area contributed by atoms with E-state index in [9.17, 15) is 0 Å². The molecule has 0 radical (unpaired) electrons. The molecule has 0 atom stereocenters. The highest BCUT2D eigenvalue weighted by Crippen LogP contribution is 2.30. The first-order valence-corrected chi connectivity index (χ1v) is 6.87. The molecule has 2 nitrogen and oxygen atoms in total. The molecule has 1 aromatic rings. The largest absolute Gasteiger partial charge is 0.396 e. The summed E-state index contributed by atoms with van der Waals surface area (Å²) in [6, 6.07) is 5.88. The molecule has 0 fully saturated rings. The average molecular weight is 255 g/mol. The predicted molar refractivity (Wildman–Crippen MR) is 77.9 cm³/mol. The molecule has 96 valence electrons. The molecular weight excluding hydrogens is 232 g/mol. The molecule has 0 aliphatic carbocycles.